The fourth-order valence-electron chi connectivity index (χ4n) is 3.26. The number of benzene rings is 2. The fraction of sp³-hybridized carbons (Fsp3) is 0.316. The van der Waals surface area contributed by atoms with Gasteiger partial charge in [-0.05, 0) is 30.7 Å². The predicted molar refractivity (Wildman–Crippen MR) is 101 cm³/mol. The highest BCUT2D eigenvalue weighted by molar-refractivity contribution is 5.91. The number of nitrogens with zero attached hydrogens (tertiary/aromatic N) is 2. The smallest absolute Gasteiger partial charge is 0.279 e. The van der Waals surface area contributed by atoms with E-state index in [0.717, 1.165) is 26.2 Å². The van der Waals surface area contributed by atoms with E-state index >= 15 is 0 Å². The van der Waals surface area contributed by atoms with E-state index in [-0.39, 0.29) is 11.6 Å². The molecule has 1 heterocycles. The van der Waals surface area contributed by atoms with Gasteiger partial charge in [0, 0.05) is 23.5 Å². The topological polar surface area (TPSA) is 79.9 Å². The van der Waals surface area contributed by atoms with E-state index in [2.05, 4.69) is 35.3 Å². The number of carbonyl (C=O) groups excluding carboxylic acids is 1. The minimum absolute atomic E-state index is 0.0148. The molecule has 1 aliphatic rings. The molecule has 0 aromatic heterocycles. The molecule has 1 aliphatic heterocycles. The van der Waals surface area contributed by atoms with Crippen LogP contribution in [0, 0.1) is 17.0 Å². The van der Waals surface area contributed by atoms with E-state index < -0.39 is 4.92 Å². The summed E-state index contributed by atoms with van der Waals surface area (Å²) in [5.74, 6) is -0.0711. The summed E-state index contributed by atoms with van der Waals surface area (Å²) in [6, 6.07) is 14.3. The molecule has 2 aromatic rings. The number of carbonyl (C=O) groups is 1. The molecule has 0 saturated carbocycles. The van der Waals surface area contributed by atoms with Crippen molar-refractivity contribution in [2.45, 2.75) is 6.92 Å². The summed E-state index contributed by atoms with van der Waals surface area (Å²) in [6.07, 6.45) is 0. The molecule has 7 nitrogen and oxygen atoms in total. The number of aryl methyl sites for hydroxylation is 1. The first-order valence-corrected chi connectivity index (χ1v) is 8.71. The lowest BCUT2D eigenvalue weighted by Gasteiger charge is -2.34. The van der Waals surface area contributed by atoms with Crippen LogP contribution >= 0.6 is 0 Å². The monoisotopic (exact) mass is 355 g/mol. The minimum Gasteiger partial charge on any atom is -0.360 e. The first-order chi connectivity index (χ1) is 12.5. The summed E-state index contributed by atoms with van der Waals surface area (Å²) in [6.45, 7) is 6.17. The normalized spacial score (nSPS) is 14.9. The van der Waals surface area contributed by atoms with Gasteiger partial charge in [0.05, 0.1) is 31.1 Å². The maximum absolute atomic E-state index is 12.2. The number of quaternary nitrogens is 1. The number of hydrogen-bond acceptors (Lipinski definition) is 4. The summed E-state index contributed by atoms with van der Waals surface area (Å²) in [7, 11) is 0. The number of rotatable bonds is 5. The van der Waals surface area contributed by atoms with Crippen LogP contribution in [0.15, 0.2) is 48.5 Å². The number of nitro groups is 1. The van der Waals surface area contributed by atoms with E-state index in [0.29, 0.717) is 12.2 Å². The third-order valence-electron chi connectivity index (χ3n) is 4.70. The van der Waals surface area contributed by atoms with Crippen LogP contribution in [0.5, 0.6) is 0 Å². The average Bonchev–Trinajstić information content (AvgIpc) is 2.63. The molecule has 2 aromatic carbocycles. The quantitative estimate of drug-likeness (QED) is 0.625. The maximum atomic E-state index is 12.2. The Bertz CT molecular complexity index is 784. The van der Waals surface area contributed by atoms with Crippen LogP contribution in [0.4, 0.5) is 17.1 Å². The van der Waals surface area contributed by atoms with Gasteiger partial charge in [-0.25, -0.2) is 0 Å². The summed E-state index contributed by atoms with van der Waals surface area (Å²) in [5, 5.41) is 13.5. The van der Waals surface area contributed by atoms with Crippen LogP contribution in [0.3, 0.4) is 0 Å². The van der Waals surface area contributed by atoms with Crippen molar-refractivity contribution in [2.24, 2.45) is 0 Å². The van der Waals surface area contributed by atoms with Gasteiger partial charge in [0.2, 0.25) is 0 Å². The SMILES string of the molecule is Cc1ccccc1N1CC[NH+](CC(=O)Nc2ccc([N+](=O)[O-])cc2)CC1. The molecule has 0 unspecified atom stereocenters. The van der Waals surface area contributed by atoms with Crippen LogP contribution in [-0.2, 0) is 4.79 Å². The molecule has 0 spiro atoms. The molecule has 2 N–H and O–H groups in total. The van der Waals surface area contributed by atoms with Crippen molar-refractivity contribution in [1.82, 2.24) is 0 Å². The summed E-state index contributed by atoms with van der Waals surface area (Å²) in [4.78, 5) is 26.0. The second-order valence-electron chi connectivity index (χ2n) is 6.55. The predicted octanol–water partition coefficient (Wildman–Crippen LogP) is 1.25. The maximum Gasteiger partial charge on any atom is 0.279 e. The van der Waals surface area contributed by atoms with Crippen LogP contribution in [0.1, 0.15) is 5.56 Å². The van der Waals surface area contributed by atoms with Crippen LogP contribution < -0.4 is 15.1 Å². The van der Waals surface area contributed by atoms with Gasteiger partial charge in [0.25, 0.3) is 11.6 Å². The number of nitrogens with one attached hydrogen (secondary N) is 2. The van der Waals surface area contributed by atoms with Crippen LogP contribution in [0.25, 0.3) is 0 Å². The van der Waals surface area contributed by atoms with Crippen molar-refractivity contribution in [1.29, 1.82) is 0 Å². The van der Waals surface area contributed by atoms with Gasteiger partial charge in [-0.15, -0.1) is 0 Å². The zero-order chi connectivity index (χ0) is 18.5. The number of anilines is 2. The van der Waals surface area contributed by atoms with Gasteiger partial charge in [0.1, 0.15) is 0 Å². The highest BCUT2D eigenvalue weighted by Gasteiger charge is 2.23. The molecule has 7 heteroatoms. The molecule has 26 heavy (non-hydrogen) atoms. The minimum atomic E-state index is -0.455. The Morgan fingerprint density at radius 2 is 1.81 bits per heavy atom. The summed E-state index contributed by atoms with van der Waals surface area (Å²) in [5.41, 5.74) is 3.13. The van der Waals surface area contributed by atoms with Crippen LogP contribution in [0.2, 0.25) is 0 Å². The van der Waals surface area contributed by atoms with E-state index in [1.54, 1.807) is 12.1 Å². The number of piperazine rings is 1. The Balaban J connectivity index is 1.49. The molecule has 0 aliphatic carbocycles. The zero-order valence-electron chi connectivity index (χ0n) is 14.8. The van der Waals surface area contributed by atoms with Gasteiger partial charge in [0.15, 0.2) is 6.54 Å². The molecule has 1 amide bonds. The molecule has 136 valence electrons. The Labute approximate surface area is 152 Å². The largest absolute Gasteiger partial charge is 0.360 e. The van der Waals surface area contributed by atoms with Crippen molar-refractivity contribution in [3.63, 3.8) is 0 Å². The van der Waals surface area contributed by atoms with E-state index in [9.17, 15) is 14.9 Å². The number of para-hydroxylation sites is 1. The fourth-order valence-corrected chi connectivity index (χ4v) is 3.26. The third-order valence-corrected chi connectivity index (χ3v) is 4.70. The molecular weight excluding hydrogens is 332 g/mol. The Morgan fingerprint density at radius 1 is 1.15 bits per heavy atom. The van der Waals surface area contributed by atoms with Crippen molar-refractivity contribution in [3.8, 4) is 0 Å². The first-order valence-electron chi connectivity index (χ1n) is 8.71. The summed E-state index contributed by atoms with van der Waals surface area (Å²) >= 11 is 0. The number of non-ortho nitro benzene ring substituents is 1. The summed E-state index contributed by atoms with van der Waals surface area (Å²) < 4.78 is 0. The highest BCUT2D eigenvalue weighted by Crippen LogP contribution is 2.19. The van der Waals surface area contributed by atoms with Crippen molar-refractivity contribution >= 4 is 23.0 Å². The Hall–Kier alpha value is -2.93. The van der Waals surface area contributed by atoms with Gasteiger partial charge in [-0.1, -0.05) is 18.2 Å². The van der Waals surface area contributed by atoms with E-state index in [4.69, 9.17) is 0 Å². The van der Waals surface area contributed by atoms with Crippen molar-refractivity contribution < 1.29 is 14.6 Å². The van der Waals surface area contributed by atoms with Gasteiger partial charge in [-0.2, -0.15) is 0 Å². The van der Waals surface area contributed by atoms with E-state index in [1.807, 2.05) is 6.07 Å². The standard InChI is InChI=1S/C19H22N4O3/c1-15-4-2-3-5-18(15)22-12-10-21(11-13-22)14-19(24)20-16-6-8-17(9-7-16)23(25)26/h2-9H,10-14H2,1H3,(H,20,24)/p+1. The molecule has 1 fully saturated rings. The first kappa shape index (κ1) is 17.9. The van der Waals surface area contributed by atoms with Crippen molar-refractivity contribution in [3.05, 3.63) is 64.2 Å². The number of amides is 1. The molecule has 1 saturated heterocycles. The average molecular weight is 355 g/mol. The number of nitro benzene ring substituents is 1. The lowest BCUT2D eigenvalue weighted by atomic mass is 10.1. The second-order valence-corrected chi connectivity index (χ2v) is 6.55. The van der Waals surface area contributed by atoms with Gasteiger partial charge < -0.3 is 15.1 Å². The molecule has 0 bridgehead atoms. The van der Waals surface area contributed by atoms with Crippen molar-refractivity contribution in [2.75, 3.05) is 42.9 Å². The Kier molecular flexibility index (Phi) is 5.48. The van der Waals surface area contributed by atoms with Gasteiger partial charge >= 0.3 is 0 Å². The van der Waals surface area contributed by atoms with Crippen LogP contribution in [-0.4, -0.2) is 43.6 Å². The third kappa shape index (κ3) is 4.37. The zero-order valence-corrected chi connectivity index (χ0v) is 14.8. The van der Waals surface area contributed by atoms with E-state index in [1.165, 1.54) is 28.3 Å². The molecular formula is C19H23N4O3+. The highest BCUT2D eigenvalue weighted by atomic mass is 16.6. The second kappa shape index (κ2) is 7.97. The molecule has 3 rings (SSSR count). The number of hydrogen-bond donors (Lipinski definition) is 2. The molecule has 0 radical (unpaired) electrons. The lowest BCUT2D eigenvalue weighted by Crippen LogP contribution is -3.15. The Morgan fingerprint density at radius 3 is 2.42 bits per heavy atom. The van der Waals surface area contributed by atoms with Gasteiger partial charge in [-0.3, -0.25) is 14.9 Å². The molecule has 0 atom stereocenters. The lowest BCUT2D eigenvalue weighted by molar-refractivity contribution is -0.892.